The van der Waals surface area contributed by atoms with Gasteiger partial charge >= 0.3 is 0 Å². The van der Waals surface area contributed by atoms with Crippen LogP contribution in [0.3, 0.4) is 0 Å². The molecule has 8 heteroatoms. The van der Waals surface area contributed by atoms with E-state index in [2.05, 4.69) is 10.5 Å². The summed E-state index contributed by atoms with van der Waals surface area (Å²) in [6, 6.07) is 15.2. The molecular weight excluding hydrogens is 392 g/mol. The molecule has 2 aromatic carbocycles. The summed E-state index contributed by atoms with van der Waals surface area (Å²) in [4.78, 5) is 12.0. The van der Waals surface area contributed by atoms with Gasteiger partial charge in [-0.25, -0.2) is 13.8 Å². The fourth-order valence-corrected chi connectivity index (χ4v) is 4.73. The number of hydrazone groups is 1. The van der Waals surface area contributed by atoms with Crippen molar-refractivity contribution in [1.82, 2.24) is 5.43 Å². The van der Waals surface area contributed by atoms with Gasteiger partial charge in [-0.1, -0.05) is 30.3 Å². The first-order valence-corrected chi connectivity index (χ1v) is 11.3. The molecular formula is C21H24N2O5S. The number of amides is 1. The highest BCUT2D eigenvalue weighted by atomic mass is 32.2. The molecule has 0 radical (unpaired) electrons. The van der Waals surface area contributed by atoms with E-state index in [1.54, 1.807) is 18.2 Å². The van der Waals surface area contributed by atoms with Crippen molar-refractivity contribution >= 4 is 22.0 Å². The lowest BCUT2D eigenvalue weighted by molar-refractivity contribution is -0.124. The zero-order chi connectivity index (χ0) is 20.7. The lowest BCUT2D eigenvalue weighted by Gasteiger charge is -2.12. The minimum Gasteiger partial charge on any atom is -0.490 e. The van der Waals surface area contributed by atoms with Gasteiger partial charge in [0.2, 0.25) is 5.91 Å². The Morgan fingerprint density at radius 3 is 2.66 bits per heavy atom. The van der Waals surface area contributed by atoms with Crippen molar-refractivity contribution in [2.24, 2.45) is 11.0 Å². The minimum absolute atomic E-state index is 0.0525. The van der Waals surface area contributed by atoms with Gasteiger partial charge in [-0.2, -0.15) is 5.10 Å². The van der Waals surface area contributed by atoms with Crippen molar-refractivity contribution in [1.29, 1.82) is 0 Å². The molecule has 0 aromatic heterocycles. The lowest BCUT2D eigenvalue weighted by Crippen LogP contribution is -2.27. The van der Waals surface area contributed by atoms with Crippen LogP contribution < -0.4 is 14.9 Å². The van der Waals surface area contributed by atoms with Gasteiger partial charge in [0.15, 0.2) is 21.3 Å². The Balaban J connectivity index is 1.61. The van der Waals surface area contributed by atoms with E-state index in [1.807, 2.05) is 37.3 Å². The fourth-order valence-electron chi connectivity index (χ4n) is 2.99. The van der Waals surface area contributed by atoms with Crippen molar-refractivity contribution in [3.05, 3.63) is 59.7 Å². The van der Waals surface area contributed by atoms with Gasteiger partial charge < -0.3 is 9.47 Å². The Morgan fingerprint density at radius 2 is 1.97 bits per heavy atom. The van der Waals surface area contributed by atoms with Gasteiger partial charge in [0.25, 0.3) is 0 Å². The summed E-state index contributed by atoms with van der Waals surface area (Å²) in [7, 11) is -3.10. The van der Waals surface area contributed by atoms with Gasteiger partial charge in [-0.3, -0.25) is 4.79 Å². The van der Waals surface area contributed by atoms with Gasteiger partial charge in [0.1, 0.15) is 6.61 Å². The Labute approximate surface area is 170 Å². The predicted molar refractivity (Wildman–Crippen MR) is 111 cm³/mol. The first-order valence-electron chi connectivity index (χ1n) is 9.44. The molecule has 1 amide bonds. The summed E-state index contributed by atoms with van der Waals surface area (Å²) in [5.74, 6) is 0.224. The van der Waals surface area contributed by atoms with Crippen LogP contribution >= 0.6 is 0 Å². The smallest absolute Gasteiger partial charge is 0.244 e. The Hall–Kier alpha value is -2.87. The third-order valence-electron chi connectivity index (χ3n) is 4.50. The molecule has 0 aliphatic carbocycles. The van der Waals surface area contributed by atoms with Crippen LogP contribution in [0.4, 0.5) is 0 Å². The van der Waals surface area contributed by atoms with Crippen molar-refractivity contribution in [3.8, 4) is 11.5 Å². The number of carbonyl (C=O) groups excluding carboxylic acids is 1. The highest BCUT2D eigenvalue weighted by molar-refractivity contribution is 7.91. The standard InChI is InChI=1S/C21H24N2O5S/c1-2-27-20-12-17(8-9-19(20)28-14-16-6-4-3-5-7-16)13-22-23-21(24)18-10-11-29(25,26)15-18/h3-9,12-13,18H,2,10-11,14-15H2,1H3,(H,23,24)/b22-13-/t18-/m1/s1. The molecule has 0 spiro atoms. The summed E-state index contributed by atoms with van der Waals surface area (Å²) < 4.78 is 34.5. The average Bonchev–Trinajstić information content (AvgIpc) is 3.08. The quantitative estimate of drug-likeness (QED) is 0.527. The number of nitrogens with one attached hydrogen (secondary N) is 1. The van der Waals surface area contributed by atoms with Gasteiger partial charge in [-0.05, 0) is 42.7 Å². The zero-order valence-corrected chi connectivity index (χ0v) is 17.0. The highest BCUT2D eigenvalue weighted by Crippen LogP contribution is 2.29. The summed E-state index contributed by atoms with van der Waals surface area (Å²) >= 11 is 0. The number of rotatable bonds is 8. The molecule has 1 fully saturated rings. The van der Waals surface area contributed by atoms with Crippen LogP contribution in [-0.2, 0) is 21.2 Å². The molecule has 29 heavy (non-hydrogen) atoms. The molecule has 1 saturated heterocycles. The maximum Gasteiger partial charge on any atom is 0.244 e. The van der Waals surface area contributed by atoms with E-state index in [0.717, 1.165) is 11.1 Å². The average molecular weight is 416 g/mol. The zero-order valence-electron chi connectivity index (χ0n) is 16.2. The number of hydrogen-bond acceptors (Lipinski definition) is 6. The van der Waals surface area contributed by atoms with Crippen molar-refractivity contribution < 1.29 is 22.7 Å². The third kappa shape index (κ3) is 6.05. The van der Waals surface area contributed by atoms with Crippen molar-refractivity contribution in [2.45, 2.75) is 20.0 Å². The third-order valence-corrected chi connectivity index (χ3v) is 6.26. The molecule has 1 heterocycles. The van der Waals surface area contributed by atoms with E-state index < -0.39 is 15.8 Å². The van der Waals surface area contributed by atoms with E-state index in [4.69, 9.17) is 9.47 Å². The maximum atomic E-state index is 12.0. The second kappa shape index (κ2) is 9.56. The largest absolute Gasteiger partial charge is 0.490 e. The van der Waals surface area contributed by atoms with Crippen molar-refractivity contribution in [3.63, 3.8) is 0 Å². The normalized spacial score (nSPS) is 17.9. The lowest BCUT2D eigenvalue weighted by atomic mass is 10.1. The number of sulfone groups is 1. The van der Waals surface area contributed by atoms with Crippen LogP contribution in [-0.4, -0.2) is 38.7 Å². The van der Waals surface area contributed by atoms with Crippen LogP contribution in [0.2, 0.25) is 0 Å². The van der Waals surface area contributed by atoms with Gasteiger partial charge in [-0.15, -0.1) is 0 Å². The summed E-state index contributed by atoms with van der Waals surface area (Å²) in [5.41, 5.74) is 4.19. The highest BCUT2D eigenvalue weighted by Gasteiger charge is 2.32. The fraction of sp³-hybridized carbons (Fsp3) is 0.333. The summed E-state index contributed by atoms with van der Waals surface area (Å²) in [5, 5.41) is 3.94. The minimum atomic E-state index is -3.10. The Kier molecular flexibility index (Phi) is 6.87. The van der Waals surface area contributed by atoms with E-state index in [9.17, 15) is 13.2 Å². The van der Waals surface area contributed by atoms with E-state index in [1.165, 1.54) is 6.21 Å². The number of hydrogen-bond donors (Lipinski definition) is 1. The SMILES string of the molecule is CCOc1cc(/C=N\NC(=O)[C@@H]2CCS(=O)(=O)C2)ccc1OCc1ccccc1. The van der Waals surface area contributed by atoms with Gasteiger partial charge in [0, 0.05) is 0 Å². The molecule has 2 aromatic rings. The number of nitrogens with zero attached hydrogens (tertiary/aromatic N) is 1. The van der Waals surface area contributed by atoms with E-state index in [0.29, 0.717) is 31.1 Å². The molecule has 7 nitrogen and oxygen atoms in total. The molecule has 1 aliphatic rings. The van der Waals surface area contributed by atoms with Crippen LogP contribution in [0.5, 0.6) is 11.5 Å². The Bertz CT molecular complexity index is 974. The molecule has 0 saturated carbocycles. The van der Waals surface area contributed by atoms with Crippen LogP contribution in [0.1, 0.15) is 24.5 Å². The molecule has 0 unspecified atom stereocenters. The molecule has 1 atom stereocenters. The van der Waals surface area contributed by atoms with Crippen LogP contribution in [0, 0.1) is 5.92 Å². The second-order valence-corrected chi connectivity index (χ2v) is 8.98. The Morgan fingerprint density at radius 1 is 1.17 bits per heavy atom. The molecule has 3 rings (SSSR count). The predicted octanol–water partition coefficient (Wildman–Crippen LogP) is 2.55. The second-order valence-electron chi connectivity index (χ2n) is 6.75. The first kappa shape index (κ1) is 20.9. The van der Waals surface area contributed by atoms with Gasteiger partial charge in [0.05, 0.1) is 30.2 Å². The number of benzene rings is 2. The topological polar surface area (TPSA) is 94.1 Å². The van der Waals surface area contributed by atoms with Crippen LogP contribution in [0.15, 0.2) is 53.6 Å². The van der Waals surface area contributed by atoms with Crippen LogP contribution in [0.25, 0.3) is 0 Å². The number of carbonyl (C=O) groups is 1. The molecule has 0 bridgehead atoms. The van der Waals surface area contributed by atoms with Crippen molar-refractivity contribution in [2.75, 3.05) is 18.1 Å². The maximum absolute atomic E-state index is 12.0. The van der Waals surface area contributed by atoms with E-state index in [-0.39, 0.29) is 17.4 Å². The number of ether oxygens (including phenoxy) is 2. The van der Waals surface area contributed by atoms with E-state index >= 15 is 0 Å². The molecule has 154 valence electrons. The first-order chi connectivity index (χ1) is 14.0. The monoisotopic (exact) mass is 416 g/mol. The summed E-state index contributed by atoms with van der Waals surface area (Å²) in [6.45, 7) is 2.79. The molecule has 1 aliphatic heterocycles. The summed E-state index contributed by atoms with van der Waals surface area (Å²) in [6.07, 6.45) is 1.83. The molecule has 1 N–H and O–H groups in total.